The normalized spacial score (nSPS) is 11.4. The summed E-state index contributed by atoms with van der Waals surface area (Å²) < 4.78 is 15.5. The summed E-state index contributed by atoms with van der Waals surface area (Å²) in [5.74, 6) is -0.592. The van der Waals surface area contributed by atoms with Crippen molar-refractivity contribution in [2.24, 2.45) is 4.99 Å². The molecule has 3 aromatic rings. The fourth-order valence-corrected chi connectivity index (χ4v) is 3.22. The van der Waals surface area contributed by atoms with Crippen LogP contribution in [0.15, 0.2) is 59.7 Å². The summed E-state index contributed by atoms with van der Waals surface area (Å²) in [6, 6.07) is 13.4. The van der Waals surface area contributed by atoms with E-state index in [9.17, 15) is 9.18 Å². The van der Waals surface area contributed by atoms with Crippen LogP contribution in [0.1, 0.15) is 47.4 Å². The maximum Gasteiger partial charge on any atom is 0.258 e. The lowest BCUT2D eigenvalue weighted by Crippen LogP contribution is -2.36. The number of nitrogens with one attached hydrogen (secondary N) is 2. The van der Waals surface area contributed by atoms with E-state index < -0.39 is 11.7 Å². The minimum Gasteiger partial charge on any atom is -0.326 e. The number of guanidine groups is 1. The number of benzene rings is 2. The SMILES string of the molecule is CCCn1cc(CN=C(NC(=O)c2cccc(F)c2)Nc2ccccc2CC)c(C)n1. The van der Waals surface area contributed by atoms with Crippen molar-refractivity contribution < 1.29 is 9.18 Å². The number of aliphatic imine (C=N–C) groups is 1. The van der Waals surface area contributed by atoms with E-state index in [0.717, 1.165) is 41.9 Å². The van der Waals surface area contributed by atoms with E-state index in [1.807, 2.05) is 42.1 Å². The lowest BCUT2D eigenvalue weighted by Gasteiger charge is -2.14. The monoisotopic (exact) mass is 421 g/mol. The number of carbonyl (C=O) groups excluding carboxylic acids is 1. The molecule has 0 aliphatic carbocycles. The summed E-state index contributed by atoms with van der Waals surface area (Å²) in [7, 11) is 0. The van der Waals surface area contributed by atoms with E-state index in [1.54, 1.807) is 6.07 Å². The molecule has 6 nitrogen and oxygen atoms in total. The molecule has 0 aliphatic heterocycles. The second-order valence-corrected chi connectivity index (χ2v) is 7.27. The van der Waals surface area contributed by atoms with E-state index in [-0.39, 0.29) is 5.56 Å². The summed E-state index contributed by atoms with van der Waals surface area (Å²) in [6.07, 6.45) is 3.81. The molecule has 162 valence electrons. The van der Waals surface area contributed by atoms with Gasteiger partial charge < -0.3 is 5.32 Å². The van der Waals surface area contributed by atoms with Gasteiger partial charge in [-0.15, -0.1) is 0 Å². The first-order valence-electron chi connectivity index (χ1n) is 10.5. The van der Waals surface area contributed by atoms with Crippen molar-refractivity contribution in [3.05, 3.63) is 82.9 Å². The van der Waals surface area contributed by atoms with Crippen LogP contribution in [0, 0.1) is 12.7 Å². The van der Waals surface area contributed by atoms with Crippen molar-refractivity contribution in [2.45, 2.75) is 46.7 Å². The molecule has 31 heavy (non-hydrogen) atoms. The molecular weight excluding hydrogens is 393 g/mol. The second kappa shape index (κ2) is 10.5. The van der Waals surface area contributed by atoms with Crippen LogP contribution in [0.25, 0.3) is 0 Å². The van der Waals surface area contributed by atoms with Gasteiger partial charge in [-0.25, -0.2) is 9.38 Å². The Kier molecular flexibility index (Phi) is 7.54. The quantitative estimate of drug-likeness (QED) is 0.429. The summed E-state index contributed by atoms with van der Waals surface area (Å²) in [5.41, 5.74) is 4.08. The van der Waals surface area contributed by atoms with Crippen LogP contribution in [-0.4, -0.2) is 21.6 Å². The average molecular weight is 422 g/mol. The van der Waals surface area contributed by atoms with Crippen molar-refractivity contribution in [3.63, 3.8) is 0 Å². The van der Waals surface area contributed by atoms with Gasteiger partial charge in [-0.1, -0.05) is 38.1 Å². The Morgan fingerprint density at radius 1 is 1.13 bits per heavy atom. The zero-order chi connectivity index (χ0) is 22.2. The number of aryl methyl sites for hydroxylation is 3. The fraction of sp³-hybridized carbons (Fsp3) is 0.292. The molecule has 0 saturated carbocycles. The van der Waals surface area contributed by atoms with Crippen LogP contribution in [0.2, 0.25) is 0 Å². The predicted octanol–water partition coefficient (Wildman–Crippen LogP) is 4.70. The van der Waals surface area contributed by atoms with E-state index in [2.05, 4.69) is 34.6 Å². The van der Waals surface area contributed by atoms with E-state index >= 15 is 0 Å². The zero-order valence-corrected chi connectivity index (χ0v) is 18.2. The molecule has 1 heterocycles. The molecule has 2 N–H and O–H groups in total. The van der Waals surface area contributed by atoms with Gasteiger partial charge in [-0.05, 0) is 49.6 Å². The van der Waals surface area contributed by atoms with Crippen LogP contribution in [0.5, 0.6) is 0 Å². The Labute approximate surface area is 182 Å². The third-order valence-corrected chi connectivity index (χ3v) is 4.88. The number of hydrogen-bond donors (Lipinski definition) is 2. The summed E-state index contributed by atoms with van der Waals surface area (Å²) in [5, 5.41) is 10.5. The molecule has 0 spiro atoms. The first-order valence-corrected chi connectivity index (χ1v) is 10.5. The Morgan fingerprint density at radius 3 is 2.68 bits per heavy atom. The molecule has 0 radical (unpaired) electrons. The fourth-order valence-electron chi connectivity index (χ4n) is 3.22. The molecule has 2 aromatic carbocycles. The van der Waals surface area contributed by atoms with Gasteiger partial charge in [0, 0.05) is 29.6 Å². The van der Waals surface area contributed by atoms with Crippen LogP contribution < -0.4 is 10.6 Å². The zero-order valence-electron chi connectivity index (χ0n) is 18.2. The van der Waals surface area contributed by atoms with Gasteiger partial charge >= 0.3 is 0 Å². The molecule has 1 amide bonds. The number of para-hydroxylation sites is 1. The number of carbonyl (C=O) groups is 1. The maximum absolute atomic E-state index is 13.6. The van der Waals surface area contributed by atoms with Gasteiger partial charge in [0.1, 0.15) is 5.82 Å². The lowest BCUT2D eigenvalue weighted by molar-refractivity contribution is 0.0976. The van der Waals surface area contributed by atoms with Crippen LogP contribution in [0.3, 0.4) is 0 Å². The van der Waals surface area contributed by atoms with E-state index in [1.165, 1.54) is 18.2 Å². The Morgan fingerprint density at radius 2 is 1.94 bits per heavy atom. The van der Waals surface area contributed by atoms with Crippen molar-refractivity contribution in [2.75, 3.05) is 5.32 Å². The third-order valence-electron chi connectivity index (χ3n) is 4.88. The van der Waals surface area contributed by atoms with Crippen LogP contribution >= 0.6 is 0 Å². The molecule has 0 bridgehead atoms. The van der Waals surface area contributed by atoms with Gasteiger partial charge in [-0.2, -0.15) is 5.10 Å². The molecule has 3 rings (SSSR count). The number of halogens is 1. The molecular formula is C24H28FN5O. The molecule has 0 atom stereocenters. The number of rotatable bonds is 7. The average Bonchev–Trinajstić information content (AvgIpc) is 3.11. The Hall–Kier alpha value is -3.48. The van der Waals surface area contributed by atoms with Gasteiger partial charge in [0.25, 0.3) is 5.91 Å². The number of aromatic nitrogens is 2. The predicted molar refractivity (Wildman–Crippen MR) is 122 cm³/mol. The lowest BCUT2D eigenvalue weighted by atomic mass is 10.1. The highest BCUT2D eigenvalue weighted by Gasteiger charge is 2.12. The molecule has 1 aromatic heterocycles. The molecule has 0 fully saturated rings. The smallest absolute Gasteiger partial charge is 0.258 e. The number of amides is 1. The van der Waals surface area contributed by atoms with Crippen LogP contribution in [0.4, 0.5) is 10.1 Å². The van der Waals surface area contributed by atoms with Crippen molar-refractivity contribution >= 4 is 17.6 Å². The first-order chi connectivity index (χ1) is 15.0. The third kappa shape index (κ3) is 6.01. The van der Waals surface area contributed by atoms with Crippen molar-refractivity contribution in [1.82, 2.24) is 15.1 Å². The Balaban J connectivity index is 1.86. The van der Waals surface area contributed by atoms with Gasteiger partial charge in [0.05, 0.1) is 12.2 Å². The highest BCUT2D eigenvalue weighted by molar-refractivity contribution is 6.10. The maximum atomic E-state index is 13.6. The first kappa shape index (κ1) is 22.2. The largest absolute Gasteiger partial charge is 0.326 e. The second-order valence-electron chi connectivity index (χ2n) is 7.27. The topological polar surface area (TPSA) is 71.3 Å². The van der Waals surface area contributed by atoms with E-state index in [4.69, 9.17) is 0 Å². The highest BCUT2D eigenvalue weighted by atomic mass is 19.1. The van der Waals surface area contributed by atoms with Crippen LogP contribution in [-0.2, 0) is 19.5 Å². The summed E-state index contributed by atoms with van der Waals surface area (Å²) >= 11 is 0. The molecule has 7 heteroatoms. The van der Waals surface area contributed by atoms with Gasteiger partial charge in [0.2, 0.25) is 5.96 Å². The summed E-state index contributed by atoms with van der Waals surface area (Å²) in [6.45, 7) is 7.31. The van der Waals surface area contributed by atoms with Gasteiger partial charge in [-0.3, -0.25) is 14.8 Å². The minimum absolute atomic E-state index is 0.227. The van der Waals surface area contributed by atoms with Crippen molar-refractivity contribution in [1.29, 1.82) is 0 Å². The summed E-state index contributed by atoms with van der Waals surface area (Å²) in [4.78, 5) is 17.3. The molecule has 0 saturated heterocycles. The number of hydrogen-bond acceptors (Lipinski definition) is 3. The molecule has 0 unspecified atom stereocenters. The molecule has 0 aliphatic rings. The standard InChI is InChI=1S/C24H28FN5O/c1-4-13-30-16-20(17(3)29-30)15-26-24(27-22-12-7-6-9-18(22)5-2)28-23(31)19-10-8-11-21(25)14-19/h6-12,14,16H,4-5,13,15H2,1-3H3,(H2,26,27,28,31). The van der Waals surface area contributed by atoms with Gasteiger partial charge in [0.15, 0.2) is 0 Å². The highest BCUT2D eigenvalue weighted by Crippen LogP contribution is 2.16. The van der Waals surface area contributed by atoms with Crippen molar-refractivity contribution in [3.8, 4) is 0 Å². The number of anilines is 1. The minimum atomic E-state index is -0.464. The van der Waals surface area contributed by atoms with E-state index in [0.29, 0.717) is 12.5 Å². The number of nitrogens with zero attached hydrogens (tertiary/aromatic N) is 3. The Bertz CT molecular complexity index is 1070.